The maximum absolute atomic E-state index is 12.1. The Bertz CT molecular complexity index is 535. The average Bonchev–Trinajstić information content (AvgIpc) is 2.44. The third-order valence-electron chi connectivity index (χ3n) is 3.02. The molecule has 0 radical (unpaired) electrons. The predicted molar refractivity (Wildman–Crippen MR) is 74.2 cm³/mol. The van der Waals surface area contributed by atoms with Crippen molar-refractivity contribution >= 4 is 11.6 Å². The number of carbonyl (C=O) groups excluding carboxylic acids is 1. The Kier molecular flexibility index (Phi) is 5.12. The van der Waals surface area contributed by atoms with E-state index in [1.807, 2.05) is 0 Å². The molecule has 122 valence electrons. The second-order valence-electron chi connectivity index (χ2n) is 5.01. The van der Waals surface area contributed by atoms with Gasteiger partial charge in [-0.25, -0.2) is 0 Å². The van der Waals surface area contributed by atoms with E-state index in [1.165, 1.54) is 11.9 Å². The van der Waals surface area contributed by atoms with Crippen LogP contribution in [0, 0.1) is 0 Å². The summed E-state index contributed by atoms with van der Waals surface area (Å²) < 4.78 is 47.1. The lowest BCUT2D eigenvalue weighted by atomic mass is 10.2. The second-order valence-corrected chi connectivity index (χ2v) is 5.01. The van der Waals surface area contributed by atoms with Crippen LogP contribution in [-0.2, 0) is 4.79 Å². The molecular weight excluding hydrogens is 301 g/mol. The van der Waals surface area contributed by atoms with Gasteiger partial charge in [0.1, 0.15) is 13.2 Å². The number of anilines is 1. The molecule has 1 aromatic carbocycles. The molecule has 2 rings (SSSR count). The summed E-state index contributed by atoms with van der Waals surface area (Å²) in [4.78, 5) is 13.1. The first-order chi connectivity index (χ1) is 10.3. The van der Waals surface area contributed by atoms with Crippen LogP contribution >= 0.6 is 0 Å². The summed E-state index contributed by atoms with van der Waals surface area (Å²) in [6, 6.07) is 4.96. The Morgan fingerprint density at radius 3 is 2.64 bits per heavy atom. The van der Waals surface area contributed by atoms with Crippen LogP contribution in [0.1, 0.15) is 6.42 Å². The summed E-state index contributed by atoms with van der Waals surface area (Å²) in [5.74, 6) is 0.752. The molecule has 1 aliphatic rings. The van der Waals surface area contributed by atoms with Gasteiger partial charge in [-0.2, -0.15) is 13.2 Å². The molecule has 1 N–H and O–H groups in total. The Morgan fingerprint density at radius 1 is 1.27 bits per heavy atom. The third-order valence-corrected chi connectivity index (χ3v) is 3.02. The van der Waals surface area contributed by atoms with Crippen molar-refractivity contribution in [3.8, 4) is 11.5 Å². The number of fused-ring (bicyclic) bond motifs is 1. The molecule has 0 fully saturated rings. The quantitative estimate of drug-likeness (QED) is 0.905. The molecule has 5 nitrogen and oxygen atoms in total. The molecular formula is C14H17F3N2O3. The van der Waals surface area contributed by atoms with Gasteiger partial charge >= 0.3 is 6.18 Å². The van der Waals surface area contributed by atoms with E-state index >= 15 is 0 Å². The third kappa shape index (κ3) is 5.10. The molecule has 0 saturated carbocycles. The molecule has 0 bridgehead atoms. The van der Waals surface area contributed by atoms with Crippen molar-refractivity contribution in [3.05, 3.63) is 18.2 Å². The largest absolute Gasteiger partial charge is 0.486 e. The lowest BCUT2D eigenvalue weighted by Crippen LogP contribution is -2.32. The van der Waals surface area contributed by atoms with E-state index in [9.17, 15) is 18.0 Å². The first kappa shape index (κ1) is 16.4. The zero-order chi connectivity index (χ0) is 16.2. The fourth-order valence-electron chi connectivity index (χ4n) is 1.96. The minimum absolute atomic E-state index is 0.121. The zero-order valence-corrected chi connectivity index (χ0v) is 12.1. The number of hydrogen-bond acceptors (Lipinski definition) is 4. The maximum Gasteiger partial charge on any atom is 0.390 e. The van der Waals surface area contributed by atoms with Gasteiger partial charge in [0, 0.05) is 18.3 Å². The molecule has 1 aliphatic heterocycles. The number of carbonyl (C=O) groups is 1. The summed E-state index contributed by atoms with van der Waals surface area (Å²) in [6.07, 6.45) is -5.17. The van der Waals surface area contributed by atoms with E-state index in [0.29, 0.717) is 30.4 Å². The predicted octanol–water partition coefficient (Wildman–Crippen LogP) is 2.28. The van der Waals surface area contributed by atoms with Gasteiger partial charge in [-0.3, -0.25) is 9.69 Å². The van der Waals surface area contributed by atoms with Crippen molar-refractivity contribution in [2.75, 3.05) is 38.7 Å². The van der Waals surface area contributed by atoms with Crippen molar-refractivity contribution in [2.45, 2.75) is 12.6 Å². The molecule has 22 heavy (non-hydrogen) atoms. The minimum Gasteiger partial charge on any atom is -0.486 e. The van der Waals surface area contributed by atoms with E-state index in [1.54, 1.807) is 18.2 Å². The summed E-state index contributed by atoms with van der Waals surface area (Å²) in [7, 11) is 1.47. The Labute approximate surface area is 126 Å². The fraction of sp³-hybridized carbons (Fsp3) is 0.500. The van der Waals surface area contributed by atoms with E-state index in [-0.39, 0.29) is 19.0 Å². The van der Waals surface area contributed by atoms with Crippen LogP contribution in [0.15, 0.2) is 18.2 Å². The highest BCUT2D eigenvalue weighted by atomic mass is 19.4. The molecule has 8 heteroatoms. The number of halogens is 3. The number of ether oxygens (including phenoxy) is 2. The van der Waals surface area contributed by atoms with Gasteiger partial charge < -0.3 is 14.8 Å². The monoisotopic (exact) mass is 318 g/mol. The van der Waals surface area contributed by atoms with Crippen LogP contribution in [0.4, 0.5) is 18.9 Å². The number of nitrogens with one attached hydrogen (secondary N) is 1. The van der Waals surface area contributed by atoms with E-state index < -0.39 is 12.6 Å². The average molecular weight is 318 g/mol. The molecule has 1 heterocycles. The van der Waals surface area contributed by atoms with Crippen molar-refractivity contribution in [1.29, 1.82) is 0 Å². The maximum atomic E-state index is 12.1. The molecule has 0 unspecified atom stereocenters. The highest BCUT2D eigenvalue weighted by Gasteiger charge is 2.27. The first-order valence-corrected chi connectivity index (χ1v) is 6.78. The Balaban J connectivity index is 1.84. The first-order valence-electron chi connectivity index (χ1n) is 6.78. The van der Waals surface area contributed by atoms with Gasteiger partial charge in [0.25, 0.3) is 0 Å². The van der Waals surface area contributed by atoms with E-state index in [0.717, 1.165) is 0 Å². The summed E-state index contributed by atoms with van der Waals surface area (Å²) in [5.41, 5.74) is 0.512. The topological polar surface area (TPSA) is 50.8 Å². The fourth-order valence-corrected chi connectivity index (χ4v) is 1.96. The van der Waals surface area contributed by atoms with Crippen LogP contribution in [-0.4, -0.2) is 50.3 Å². The summed E-state index contributed by atoms with van der Waals surface area (Å²) in [5, 5.41) is 2.62. The van der Waals surface area contributed by atoms with Gasteiger partial charge in [0.15, 0.2) is 11.5 Å². The summed E-state index contributed by atoms with van der Waals surface area (Å²) >= 11 is 0. The zero-order valence-electron chi connectivity index (χ0n) is 12.1. The van der Waals surface area contributed by atoms with Gasteiger partial charge in [0.05, 0.1) is 13.0 Å². The van der Waals surface area contributed by atoms with Gasteiger partial charge in [-0.1, -0.05) is 0 Å². The Hall–Kier alpha value is -1.96. The molecule has 0 aromatic heterocycles. The number of nitrogens with zero attached hydrogens (tertiary/aromatic N) is 1. The SMILES string of the molecule is CN(CCC(F)(F)F)CC(=O)Nc1ccc2c(c1)OCCO2. The molecule has 1 amide bonds. The number of likely N-dealkylation sites (N-methyl/N-ethyl adjacent to an activating group) is 1. The van der Waals surface area contributed by atoms with Crippen LogP contribution in [0.2, 0.25) is 0 Å². The van der Waals surface area contributed by atoms with Crippen LogP contribution in [0.5, 0.6) is 11.5 Å². The number of alkyl halides is 3. The minimum atomic E-state index is -4.22. The molecule has 0 saturated heterocycles. The number of benzene rings is 1. The highest BCUT2D eigenvalue weighted by Crippen LogP contribution is 2.32. The lowest BCUT2D eigenvalue weighted by Gasteiger charge is -2.20. The number of amides is 1. The van der Waals surface area contributed by atoms with Gasteiger partial charge in [-0.15, -0.1) is 0 Å². The number of hydrogen-bond donors (Lipinski definition) is 1. The smallest absolute Gasteiger partial charge is 0.390 e. The van der Waals surface area contributed by atoms with Crippen LogP contribution < -0.4 is 14.8 Å². The van der Waals surface area contributed by atoms with Crippen LogP contribution in [0.3, 0.4) is 0 Å². The number of rotatable bonds is 5. The van der Waals surface area contributed by atoms with Crippen molar-refractivity contribution in [1.82, 2.24) is 4.90 Å². The second kappa shape index (κ2) is 6.87. The van der Waals surface area contributed by atoms with Crippen molar-refractivity contribution in [2.24, 2.45) is 0 Å². The molecule has 0 spiro atoms. The molecule has 0 aliphatic carbocycles. The highest BCUT2D eigenvalue weighted by molar-refractivity contribution is 5.92. The van der Waals surface area contributed by atoms with Gasteiger partial charge in [0.2, 0.25) is 5.91 Å². The van der Waals surface area contributed by atoms with Gasteiger partial charge in [-0.05, 0) is 19.2 Å². The molecule has 1 aromatic rings. The standard InChI is InChI=1S/C14H17F3N2O3/c1-19(5-4-14(15,16)17)9-13(20)18-10-2-3-11-12(8-10)22-7-6-21-11/h2-3,8H,4-7,9H2,1H3,(H,18,20). The van der Waals surface area contributed by atoms with Crippen LogP contribution in [0.25, 0.3) is 0 Å². The van der Waals surface area contributed by atoms with Crippen molar-refractivity contribution < 1.29 is 27.4 Å². The molecule has 0 atom stereocenters. The van der Waals surface area contributed by atoms with E-state index in [4.69, 9.17) is 9.47 Å². The lowest BCUT2D eigenvalue weighted by molar-refractivity contribution is -0.138. The Morgan fingerprint density at radius 2 is 1.95 bits per heavy atom. The van der Waals surface area contributed by atoms with Crippen molar-refractivity contribution in [3.63, 3.8) is 0 Å². The summed E-state index contributed by atoms with van der Waals surface area (Å²) in [6.45, 7) is 0.565. The normalized spacial score (nSPS) is 14.0. The van der Waals surface area contributed by atoms with E-state index in [2.05, 4.69) is 5.32 Å².